The standard InChI is InChI=1S/C13H16ClNO3/c14-7-10-1-3-11(4-2-10)13(16)15-8-12-9-17-5-6-18-12/h1-4,12H,5-9H2,(H,15,16). The number of benzene rings is 1. The molecule has 1 saturated heterocycles. The van der Waals surface area contributed by atoms with Gasteiger partial charge in [0.05, 0.1) is 25.9 Å². The highest BCUT2D eigenvalue weighted by Crippen LogP contribution is 2.07. The SMILES string of the molecule is O=C(NCC1COCCO1)c1ccc(CCl)cc1. The lowest BCUT2D eigenvalue weighted by Crippen LogP contribution is -2.39. The van der Waals surface area contributed by atoms with Gasteiger partial charge < -0.3 is 14.8 Å². The number of amides is 1. The van der Waals surface area contributed by atoms with Gasteiger partial charge in [0.2, 0.25) is 0 Å². The molecule has 1 N–H and O–H groups in total. The number of rotatable bonds is 4. The van der Waals surface area contributed by atoms with E-state index in [1.54, 1.807) is 12.1 Å². The first-order chi connectivity index (χ1) is 8.79. The van der Waals surface area contributed by atoms with E-state index < -0.39 is 0 Å². The van der Waals surface area contributed by atoms with Crippen LogP contribution in [0.4, 0.5) is 0 Å². The quantitative estimate of drug-likeness (QED) is 0.844. The molecule has 0 bridgehead atoms. The lowest BCUT2D eigenvalue weighted by molar-refractivity contribution is -0.0855. The molecule has 0 aromatic heterocycles. The van der Waals surface area contributed by atoms with Crippen LogP contribution in [-0.2, 0) is 15.4 Å². The normalized spacial score (nSPS) is 19.5. The van der Waals surface area contributed by atoms with Gasteiger partial charge in [-0.15, -0.1) is 11.6 Å². The van der Waals surface area contributed by atoms with Crippen LogP contribution < -0.4 is 5.32 Å². The van der Waals surface area contributed by atoms with Gasteiger partial charge in [0.15, 0.2) is 0 Å². The number of ether oxygens (including phenoxy) is 2. The third kappa shape index (κ3) is 3.70. The third-order valence-electron chi connectivity index (χ3n) is 2.75. The van der Waals surface area contributed by atoms with Gasteiger partial charge in [-0.1, -0.05) is 12.1 Å². The van der Waals surface area contributed by atoms with E-state index in [1.807, 2.05) is 12.1 Å². The Morgan fingerprint density at radius 3 is 2.72 bits per heavy atom. The summed E-state index contributed by atoms with van der Waals surface area (Å²) in [7, 11) is 0. The molecular weight excluding hydrogens is 254 g/mol. The van der Waals surface area contributed by atoms with Crippen LogP contribution in [0.25, 0.3) is 0 Å². The molecule has 1 atom stereocenters. The minimum absolute atomic E-state index is 0.0511. The zero-order chi connectivity index (χ0) is 12.8. The third-order valence-corrected chi connectivity index (χ3v) is 3.05. The zero-order valence-corrected chi connectivity index (χ0v) is 10.8. The summed E-state index contributed by atoms with van der Waals surface area (Å²) in [6.45, 7) is 2.22. The number of nitrogens with one attached hydrogen (secondary N) is 1. The van der Waals surface area contributed by atoms with E-state index in [2.05, 4.69) is 5.32 Å². The van der Waals surface area contributed by atoms with E-state index in [0.717, 1.165) is 5.56 Å². The van der Waals surface area contributed by atoms with Gasteiger partial charge in [-0.3, -0.25) is 4.79 Å². The fourth-order valence-corrected chi connectivity index (χ4v) is 1.89. The molecule has 1 aliphatic rings. The predicted molar refractivity (Wildman–Crippen MR) is 68.9 cm³/mol. The van der Waals surface area contributed by atoms with Gasteiger partial charge in [0.1, 0.15) is 0 Å². The smallest absolute Gasteiger partial charge is 0.251 e. The van der Waals surface area contributed by atoms with Crippen LogP contribution in [0.15, 0.2) is 24.3 Å². The van der Waals surface area contributed by atoms with Crippen molar-refractivity contribution < 1.29 is 14.3 Å². The second-order valence-electron chi connectivity index (χ2n) is 4.11. The van der Waals surface area contributed by atoms with E-state index in [9.17, 15) is 4.79 Å². The Bertz CT molecular complexity index is 388. The molecule has 5 heteroatoms. The Kier molecular flexibility index (Phi) is 4.99. The Morgan fingerprint density at radius 2 is 2.11 bits per heavy atom. The monoisotopic (exact) mass is 269 g/mol. The average Bonchev–Trinajstić information content (AvgIpc) is 2.46. The molecular formula is C13H16ClNO3. The maximum atomic E-state index is 11.8. The molecule has 0 radical (unpaired) electrons. The second-order valence-corrected chi connectivity index (χ2v) is 4.38. The van der Waals surface area contributed by atoms with Gasteiger partial charge in [-0.2, -0.15) is 0 Å². The summed E-state index contributed by atoms with van der Waals surface area (Å²) in [5.41, 5.74) is 1.62. The van der Waals surface area contributed by atoms with Crippen molar-refractivity contribution in [1.82, 2.24) is 5.32 Å². The molecule has 0 spiro atoms. The van der Waals surface area contributed by atoms with Gasteiger partial charge in [-0.25, -0.2) is 0 Å². The number of halogens is 1. The summed E-state index contributed by atoms with van der Waals surface area (Å²) < 4.78 is 10.7. The van der Waals surface area contributed by atoms with Crippen molar-refractivity contribution in [1.29, 1.82) is 0 Å². The second kappa shape index (κ2) is 6.73. The van der Waals surface area contributed by atoms with Crippen molar-refractivity contribution in [2.24, 2.45) is 0 Å². The van der Waals surface area contributed by atoms with E-state index in [1.165, 1.54) is 0 Å². The minimum Gasteiger partial charge on any atom is -0.376 e. The molecule has 1 fully saturated rings. The van der Waals surface area contributed by atoms with Crippen molar-refractivity contribution in [3.8, 4) is 0 Å². The Hall–Kier alpha value is -1.10. The van der Waals surface area contributed by atoms with E-state index >= 15 is 0 Å². The Morgan fingerprint density at radius 1 is 1.33 bits per heavy atom. The highest BCUT2D eigenvalue weighted by atomic mass is 35.5. The number of hydrogen-bond acceptors (Lipinski definition) is 3. The van der Waals surface area contributed by atoms with Crippen molar-refractivity contribution >= 4 is 17.5 Å². The van der Waals surface area contributed by atoms with Crippen LogP contribution in [0.3, 0.4) is 0 Å². The van der Waals surface area contributed by atoms with Crippen LogP contribution >= 0.6 is 11.6 Å². The topological polar surface area (TPSA) is 47.6 Å². The Balaban J connectivity index is 1.82. The van der Waals surface area contributed by atoms with Crippen molar-refractivity contribution in [3.05, 3.63) is 35.4 Å². The first-order valence-electron chi connectivity index (χ1n) is 5.92. The van der Waals surface area contributed by atoms with E-state index in [-0.39, 0.29) is 12.0 Å². The summed E-state index contributed by atoms with van der Waals surface area (Å²) in [5.74, 6) is 0.347. The molecule has 2 rings (SSSR count). The van der Waals surface area contributed by atoms with Crippen LogP contribution in [0.5, 0.6) is 0 Å². The maximum Gasteiger partial charge on any atom is 0.251 e. The minimum atomic E-state index is -0.106. The van der Waals surface area contributed by atoms with Gasteiger partial charge in [-0.05, 0) is 17.7 Å². The molecule has 1 aromatic carbocycles. The first-order valence-corrected chi connectivity index (χ1v) is 6.45. The number of hydrogen-bond donors (Lipinski definition) is 1. The molecule has 98 valence electrons. The van der Waals surface area contributed by atoms with E-state index in [0.29, 0.717) is 37.8 Å². The summed E-state index contributed by atoms with van der Waals surface area (Å²) >= 11 is 5.69. The summed E-state index contributed by atoms with van der Waals surface area (Å²) in [6, 6.07) is 7.24. The van der Waals surface area contributed by atoms with Crippen LogP contribution in [0, 0.1) is 0 Å². The molecule has 18 heavy (non-hydrogen) atoms. The number of carbonyl (C=O) groups is 1. The fourth-order valence-electron chi connectivity index (χ4n) is 1.71. The summed E-state index contributed by atoms with van der Waals surface area (Å²) in [5, 5.41) is 2.83. The largest absolute Gasteiger partial charge is 0.376 e. The average molecular weight is 270 g/mol. The Labute approximate surface area is 111 Å². The van der Waals surface area contributed by atoms with Crippen LogP contribution in [-0.4, -0.2) is 38.4 Å². The summed E-state index contributed by atoms with van der Waals surface area (Å²) in [6.07, 6.45) is -0.0511. The van der Waals surface area contributed by atoms with E-state index in [4.69, 9.17) is 21.1 Å². The molecule has 1 heterocycles. The van der Waals surface area contributed by atoms with Gasteiger partial charge in [0, 0.05) is 18.0 Å². The fraction of sp³-hybridized carbons (Fsp3) is 0.462. The number of carbonyl (C=O) groups excluding carboxylic acids is 1. The molecule has 1 amide bonds. The summed E-state index contributed by atoms with van der Waals surface area (Å²) in [4.78, 5) is 11.8. The molecule has 1 aliphatic heterocycles. The molecule has 4 nitrogen and oxygen atoms in total. The van der Waals surface area contributed by atoms with Crippen LogP contribution in [0.2, 0.25) is 0 Å². The van der Waals surface area contributed by atoms with Gasteiger partial charge >= 0.3 is 0 Å². The molecule has 0 aliphatic carbocycles. The lowest BCUT2D eigenvalue weighted by atomic mass is 10.1. The highest BCUT2D eigenvalue weighted by molar-refractivity contribution is 6.17. The van der Waals surface area contributed by atoms with Crippen molar-refractivity contribution in [3.63, 3.8) is 0 Å². The zero-order valence-electron chi connectivity index (χ0n) is 10.0. The molecule has 0 saturated carbocycles. The van der Waals surface area contributed by atoms with Crippen molar-refractivity contribution in [2.75, 3.05) is 26.4 Å². The van der Waals surface area contributed by atoms with Gasteiger partial charge in [0.25, 0.3) is 5.91 Å². The number of alkyl halides is 1. The highest BCUT2D eigenvalue weighted by Gasteiger charge is 2.15. The van der Waals surface area contributed by atoms with Crippen molar-refractivity contribution in [2.45, 2.75) is 12.0 Å². The van der Waals surface area contributed by atoms with Crippen LogP contribution in [0.1, 0.15) is 15.9 Å². The molecule has 1 unspecified atom stereocenters. The lowest BCUT2D eigenvalue weighted by Gasteiger charge is -2.23. The maximum absolute atomic E-state index is 11.8. The predicted octanol–water partition coefficient (Wildman–Crippen LogP) is 1.57. The first kappa shape index (κ1) is 13.3. The molecule has 1 aromatic rings.